The van der Waals surface area contributed by atoms with Crippen LogP contribution in [0.4, 0.5) is 0 Å². The minimum absolute atomic E-state index is 0.157. The van der Waals surface area contributed by atoms with Crippen LogP contribution in [-0.2, 0) is 18.3 Å². The molecule has 2 aromatic rings. The molecule has 2 aliphatic carbocycles. The van der Waals surface area contributed by atoms with Gasteiger partial charge in [-0.2, -0.15) is 5.26 Å². The van der Waals surface area contributed by atoms with Crippen LogP contribution in [0.5, 0.6) is 0 Å². The highest BCUT2D eigenvalue weighted by molar-refractivity contribution is 6.33. The SMILES string of the molecule is CC1(C)C2=C(C(=O)c3cc(CC4CCNCC4)ccc31)c1ccc(C#N)cc1C2. The number of Topliss-reactive ketones (excluding diaryl/α,β-unsaturated/α-hetero) is 1. The van der Waals surface area contributed by atoms with Crippen molar-refractivity contribution < 1.29 is 4.79 Å². The van der Waals surface area contributed by atoms with E-state index in [1.165, 1.54) is 24.0 Å². The summed E-state index contributed by atoms with van der Waals surface area (Å²) in [5.74, 6) is 0.859. The first-order chi connectivity index (χ1) is 14.0. The van der Waals surface area contributed by atoms with E-state index in [-0.39, 0.29) is 11.2 Å². The lowest BCUT2D eigenvalue weighted by Gasteiger charge is -2.35. The largest absolute Gasteiger partial charge is 0.317 e. The Morgan fingerprint density at radius 2 is 1.90 bits per heavy atom. The highest BCUT2D eigenvalue weighted by Crippen LogP contribution is 2.50. The summed E-state index contributed by atoms with van der Waals surface area (Å²) < 4.78 is 0. The molecule has 2 aromatic carbocycles. The molecule has 3 nitrogen and oxygen atoms in total. The minimum Gasteiger partial charge on any atom is -0.317 e. The molecule has 0 radical (unpaired) electrons. The summed E-state index contributed by atoms with van der Waals surface area (Å²) in [5.41, 5.74) is 7.98. The van der Waals surface area contributed by atoms with Crippen LogP contribution >= 0.6 is 0 Å². The number of nitrogens with one attached hydrogen (secondary N) is 1. The molecule has 3 aliphatic rings. The molecule has 5 rings (SSSR count). The van der Waals surface area contributed by atoms with Gasteiger partial charge in [-0.05, 0) is 90.7 Å². The number of hydrogen-bond acceptors (Lipinski definition) is 3. The fourth-order valence-corrected chi connectivity index (χ4v) is 5.46. The Hall–Kier alpha value is -2.70. The highest BCUT2D eigenvalue weighted by atomic mass is 16.1. The van der Waals surface area contributed by atoms with Gasteiger partial charge in [0.25, 0.3) is 0 Å². The van der Waals surface area contributed by atoms with Crippen LogP contribution in [-0.4, -0.2) is 18.9 Å². The van der Waals surface area contributed by atoms with Crippen molar-refractivity contribution in [2.24, 2.45) is 5.92 Å². The highest BCUT2D eigenvalue weighted by Gasteiger charge is 2.42. The van der Waals surface area contributed by atoms with Crippen LogP contribution < -0.4 is 5.32 Å². The summed E-state index contributed by atoms with van der Waals surface area (Å²) in [5, 5.41) is 12.7. The van der Waals surface area contributed by atoms with Crippen LogP contribution in [0.1, 0.15) is 64.9 Å². The zero-order valence-corrected chi connectivity index (χ0v) is 17.1. The minimum atomic E-state index is -0.183. The third-order valence-corrected chi connectivity index (χ3v) is 7.14. The Kier molecular flexibility index (Phi) is 4.22. The molecular weight excluding hydrogens is 356 g/mol. The fraction of sp³-hybridized carbons (Fsp3) is 0.385. The summed E-state index contributed by atoms with van der Waals surface area (Å²) in [4.78, 5) is 13.6. The second-order valence-corrected chi connectivity index (χ2v) is 9.25. The van der Waals surface area contributed by atoms with Gasteiger partial charge in [-0.15, -0.1) is 0 Å². The van der Waals surface area contributed by atoms with E-state index in [0.717, 1.165) is 53.8 Å². The van der Waals surface area contributed by atoms with Crippen molar-refractivity contribution >= 4 is 11.4 Å². The Balaban J connectivity index is 1.55. The van der Waals surface area contributed by atoms with E-state index in [0.29, 0.717) is 11.5 Å². The first kappa shape index (κ1) is 18.3. The second-order valence-electron chi connectivity index (χ2n) is 9.25. The maximum absolute atomic E-state index is 13.6. The maximum Gasteiger partial charge on any atom is 0.193 e. The van der Waals surface area contributed by atoms with Crippen LogP contribution in [0.3, 0.4) is 0 Å². The number of nitrogens with zero attached hydrogens (tertiary/aromatic N) is 1. The number of allylic oxidation sites excluding steroid dienone is 2. The van der Waals surface area contributed by atoms with Gasteiger partial charge in [0.1, 0.15) is 0 Å². The summed E-state index contributed by atoms with van der Waals surface area (Å²) in [6, 6.07) is 14.6. The average molecular weight is 383 g/mol. The number of fused-ring (bicyclic) bond motifs is 3. The van der Waals surface area contributed by atoms with E-state index in [2.05, 4.69) is 43.4 Å². The van der Waals surface area contributed by atoms with E-state index in [1.54, 1.807) is 0 Å². The number of carbonyl (C=O) groups excluding carboxylic acids is 1. The summed E-state index contributed by atoms with van der Waals surface area (Å²) >= 11 is 0. The van der Waals surface area contributed by atoms with E-state index in [4.69, 9.17) is 0 Å². The zero-order valence-electron chi connectivity index (χ0n) is 17.1. The Morgan fingerprint density at radius 3 is 2.66 bits per heavy atom. The molecule has 0 bridgehead atoms. The first-order valence-electron chi connectivity index (χ1n) is 10.6. The van der Waals surface area contributed by atoms with Gasteiger partial charge in [-0.1, -0.05) is 32.0 Å². The monoisotopic (exact) mass is 382 g/mol. The predicted molar refractivity (Wildman–Crippen MR) is 115 cm³/mol. The number of piperidine rings is 1. The number of benzene rings is 2. The molecule has 1 fully saturated rings. The number of hydrogen-bond donors (Lipinski definition) is 1. The van der Waals surface area contributed by atoms with Crippen molar-refractivity contribution in [3.8, 4) is 6.07 Å². The Labute approximate surface area is 172 Å². The van der Waals surface area contributed by atoms with Gasteiger partial charge in [-0.3, -0.25) is 4.79 Å². The van der Waals surface area contributed by atoms with E-state index in [1.807, 2.05) is 18.2 Å². The third-order valence-electron chi connectivity index (χ3n) is 7.14. The van der Waals surface area contributed by atoms with Gasteiger partial charge in [0.15, 0.2) is 5.78 Å². The molecule has 146 valence electrons. The van der Waals surface area contributed by atoms with Gasteiger partial charge in [0, 0.05) is 16.6 Å². The van der Waals surface area contributed by atoms with Crippen molar-refractivity contribution in [1.82, 2.24) is 5.32 Å². The molecule has 0 amide bonds. The molecular formula is C26H26N2O. The van der Waals surface area contributed by atoms with Crippen molar-refractivity contribution in [2.75, 3.05) is 13.1 Å². The second kappa shape index (κ2) is 6.68. The number of ketones is 1. The average Bonchev–Trinajstić information content (AvgIpc) is 3.13. The van der Waals surface area contributed by atoms with Crippen molar-refractivity contribution in [1.29, 1.82) is 5.26 Å². The molecule has 1 N–H and O–H groups in total. The summed E-state index contributed by atoms with van der Waals surface area (Å²) in [6.07, 6.45) is 4.23. The van der Waals surface area contributed by atoms with Gasteiger partial charge in [0.2, 0.25) is 0 Å². The first-order valence-corrected chi connectivity index (χ1v) is 10.6. The molecule has 1 saturated heterocycles. The van der Waals surface area contributed by atoms with E-state index < -0.39 is 0 Å². The lowest BCUT2D eigenvalue weighted by Crippen LogP contribution is -2.30. The normalized spacial score (nSPS) is 20.1. The Morgan fingerprint density at radius 1 is 1.10 bits per heavy atom. The Bertz CT molecular complexity index is 1090. The summed E-state index contributed by atoms with van der Waals surface area (Å²) in [6.45, 7) is 6.66. The van der Waals surface area contributed by atoms with Crippen LogP contribution in [0.25, 0.3) is 5.57 Å². The predicted octanol–water partition coefficient (Wildman–Crippen LogP) is 4.58. The van der Waals surface area contributed by atoms with Crippen molar-refractivity contribution in [3.63, 3.8) is 0 Å². The van der Waals surface area contributed by atoms with Crippen molar-refractivity contribution in [2.45, 2.75) is 44.9 Å². The van der Waals surface area contributed by atoms with E-state index in [9.17, 15) is 10.1 Å². The van der Waals surface area contributed by atoms with E-state index >= 15 is 0 Å². The molecule has 3 heteroatoms. The lowest BCUT2D eigenvalue weighted by atomic mass is 9.68. The van der Waals surface area contributed by atoms with Crippen LogP contribution in [0.15, 0.2) is 42.0 Å². The lowest BCUT2D eigenvalue weighted by molar-refractivity contribution is 0.105. The van der Waals surface area contributed by atoms with Crippen LogP contribution in [0.2, 0.25) is 0 Å². The molecule has 0 aromatic heterocycles. The number of carbonyl (C=O) groups is 1. The molecule has 1 aliphatic heterocycles. The number of nitriles is 1. The molecule has 0 spiro atoms. The van der Waals surface area contributed by atoms with Gasteiger partial charge in [0.05, 0.1) is 11.6 Å². The quantitative estimate of drug-likeness (QED) is 0.827. The molecule has 0 saturated carbocycles. The number of rotatable bonds is 2. The standard InChI is InChI=1S/C26H26N2O/c1-26(2)22-6-4-17(11-16-7-9-28-10-8-16)13-21(22)25(29)24-20-5-3-18(15-27)12-19(20)14-23(24)26/h3-6,12-13,16,28H,7-11,14H2,1-2H3. The molecule has 0 unspecified atom stereocenters. The van der Waals surface area contributed by atoms with Gasteiger partial charge < -0.3 is 5.32 Å². The summed E-state index contributed by atoms with van der Waals surface area (Å²) in [7, 11) is 0. The zero-order chi connectivity index (χ0) is 20.2. The smallest absolute Gasteiger partial charge is 0.193 e. The third kappa shape index (κ3) is 2.86. The maximum atomic E-state index is 13.6. The fourth-order valence-electron chi connectivity index (χ4n) is 5.46. The van der Waals surface area contributed by atoms with Crippen molar-refractivity contribution in [3.05, 3.63) is 75.4 Å². The van der Waals surface area contributed by atoms with Gasteiger partial charge in [-0.25, -0.2) is 0 Å². The topological polar surface area (TPSA) is 52.9 Å². The van der Waals surface area contributed by atoms with Gasteiger partial charge >= 0.3 is 0 Å². The molecule has 1 heterocycles. The molecule has 0 atom stereocenters. The van der Waals surface area contributed by atoms with Crippen LogP contribution in [0, 0.1) is 17.2 Å². The molecule has 29 heavy (non-hydrogen) atoms.